The van der Waals surface area contributed by atoms with Gasteiger partial charge in [0, 0.05) is 19.3 Å². The molecule has 2 heterocycles. The summed E-state index contributed by atoms with van der Waals surface area (Å²) in [5.74, 6) is 0.829. The van der Waals surface area contributed by atoms with Gasteiger partial charge in [-0.3, -0.25) is 0 Å². The van der Waals surface area contributed by atoms with Crippen LogP contribution in [-0.2, 0) is 6.54 Å². The van der Waals surface area contributed by atoms with Gasteiger partial charge in [-0.25, -0.2) is 4.98 Å². The van der Waals surface area contributed by atoms with Crippen molar-refractivity contribution in [3.63, 3.8) is 0 Å². The first-order chi connectivity index (χ1) is 8.97. The molecule has 0 amide bonds. The Hall–Kier alpha value is -0.980. The van der Waals surface area contributed by atoms with Crippen molar-refractivity contribution in [3.05, 3.63) is 44.2 Å². The fourth-order valence-electron chi connectivity index (χ4n) is 1.80. The molecule has 0 bridgehead atoms. The van der Waals surface area contributed by atoms with Crippen LogP contribution in [0.15, 0.2) is 27.4 Å². The molecule has 2 N–H and O–H groups in total. The second kappa shape index (κ2) is 5.98. The van der Waals surface area contributed by atoms with Crippen LogP contribution in [0, 0.1) is 6.92 Å². The number of pyridine rings is 1. The van der Waals surface area contributed by atoms with Crippen molar-refractivity contribution >= 4 is 50.3 Å². The summed E-state index contributed by atoms with van der Waals surface area (Å²) in [5, 5.41) is 2.12. The minimum absolute atomic E-state index is 0.376. The van der Waals surface area contributed by atoms with E-state index in [-0.39, 0.29) is 0 Å². The summed E-state index contributed by atoms with van der Waals surface area (Å²) in [6.45, 7) is 2.73. The lowest BCUT2D eigenvalue weighted by Crippen LogP contribution is -2.23. The van der Waals surface area contributed by atoms with Gasteiger partial charge < -0.3 is 10.6 Å². The minimum Gasteiger partial charge on any atom is -0.389 e. The van der Waals surface area contributed by atoms with E-state index in [4.69, 9.17) is 18.0 Å². The molecule has 0 spiro atoms. The zero-order valence-corrected chi connectivity index (χ0v) is 13.9. The Morgan fingerprint density at radius 3 is 2.84 bits per heavy atom. The van der Waals surface area contributed by atoms with Gasteiger partial charge in [0.1, 0.15) is 10.8 Å². The smallest absolute Gasteiger partial charge is 0.139 e. The number of aromatic nitrogens is 1. The Morgan fingerprint density at radius 2 is 2.26 bits per heavy atom. The number of aryl methyl sites for hydroxylation is 1. The Labute approximate surface area is 130 Å². The molecule has 0 fully saturated rings. The summed E-state index contributed by atoms with van der Waals surface area (Å²) >= 11 is 10.2. The molecule has 0 unspecified atom stereocenters. The number of halogens is 1. The number of nitrogens with zero attached hydrogens (tertiary/aromatic N) is 2. The van der Waals surface area contributed by atoms with Crippen molar-refractivity contribution in [3.8, 4) is 0 Å². The third kappa shape index (κ3) is 3.52. The Morgan fingerprint density at radius 1 is 1.53 bits per heavy atom. The van der Waals surface area contributed by atoms with Crippen LogP contribution in [0.2, 0.25) is 0 Å². The van der Waals surface area contributed by atoms with Gasteiger partial charge in [-0.05, 0) is 52.0 Å². The highest BCUT2D eigenvalue weighted by molar-refractivity contribution is 9.11. The van der Waals surface area contributed by atoms with Gasteiger partial charge in [-0.2, -0.15) is 0 Å². The molecule has 0 atom stereocenters. The molecule has 100 valence electrons. The van der Waals surface area contributed by atoms with E-state index in [0.29, 0.717) is 4.99 Å². The van der Waals surface area contributed by atoms with Crippen molar-refractivity contribution in [1.82, 2.24) is 4.98 Å². The van der Waals surface area contributed by atoms with Crippen molar-refractivity contribution < 1.29 is 0 Å². The molecule has 0 saturated carbocycles. The van der Waals surface area contributed by atoms with Crippen molar-refractivity contribution in [2.45, 2.75) is 13.5 Å². The topological polar surface area (TPSA) is 42.1 Å². The maximum Gasteiger partial charge on any atom is 0.139 e. The first-order valence-corrected chi connectivity index (χ1v) is 7.77. The summed E-state index contributed by atoms with van der Waals surface area (Å²) < 4.78 is 1.13. The van der Waals surface area contributed by atoms with E-state index in [2.05, 4.69) is 37.3 Å². The van der Waals surface area contributed by atoms with E-state index in [1.165, 1.54) is 5.56 Å². The summed E-state index contributed by atoms with van der Waals surface area (Å²) in [5.41, 5.74) is 8.76. The van der Waals surface area contributed by atoms with E-state index in [9.17, 15) is 0 Å². The van der Waals surface area contributed by atoms with Crippen LogP contribution in [0.25, 0.3) is 0 Å². The SMILES string of the molecule is Cc1ccc(C(N)=S)c(N(C)Cc2csc(Br)c2)n1. The van der Waals surface area contributed by atoms with Gasteiger partial charge in [0.25, 0.3) is 0 Å². The largest absolute Gasteiger partial charge is 0.389 e. The molecule has 0 aliphatic carbocycles. The number of thiophene rings is 1. The molecule has 2 aromatic heterocycles. The Balaban J connectivity index is 2.29. The van der Waals surface area contributed by atoms with Crippen molar-refractivity contribution in [2.24, 2.45) is 5.73 Å². The van der Waals surface area contributed by atoms with Crippen molar-refractivity contribution in [2.75, 3.05) is 11.9 Å². The molecule has 6 heteroatoms. The molecule has 2 rings (SSSR count). The number of thiocarbonyl (C=S) groups is 1. The molecule has 0 aliphatic rings. The quantitative estimate of drug-likeness (QED) is 0.852. The number of rotatable bonds is 4. The Kier molecular flexibility index (Phi) is 4.54. The van der Waals surface area contributed by atoms with Crippen LogP contribution in [-0.4, -0.2) is 17.0 Å². The van der Waals surface area contributed by atoms with Gasteiger partial charge >= 0.3 is 0 Å². The van der Waals surface area contributed by atoms with Gasteiger partial charge in [-0.15, -0.1) is 11.3 Å². The lowest BCUT2D eigenvalue weighted by Gasteiger charge is -2.20. The van der Waals surface area contributed by atoms with Crippen molar-refractivity contribution in [1.29, 1.82) is 0 Å². The van der Waals surface area contributed by atoms with Gasteiger partial charge in [0.2, 0.25) is 0 Å². The summed E-state index contributed by atoms with van der Waals surface area (Å²) in [6.07, 6.45) is 0. The van der Waals surface area contributed by atoms with Crippen LogP contribution in [0.5, 0.6) is 0 Å². The minimum atomic E-state index is 0.376. The molecule has 3 nitrogen and oxygen atoms in total. The van der Waals surface area contributed by atoms with Gasteiger partial charge in [-0.1, -0.05) is 12.2 Å². The number of hydrogen-bond donors (Lipinski definition) is 1. The summed E-state index contributed by atoms with van der Waals surface area (Å²) in [7, 11) is 2.00. The zero-order chi connectivity index (χ0) is 14.0. The Bertz CT molecular complexity index is 610. The third-order valence-corrected chi connectivity index (χ3v) is 4.46. The highest BCUT2D eigenvalue weighted by Crippen LogP contribution is 2.24. The first-order valence-electron chi connectivity index (χ1n) is 5.69. The van der Waals surface area contributed by atoms with Crippen LogP contribution >= 0.6 is 39.5 Å². The molecule has 0 saturated heterocycles. The van der Waals surface area contributed by atoms with E-state index in [0.717, 1.165) is 27.4 Å². The van der Waals surface area contributed by atoms with Gasteiger partial charge in [0.05, 0.1) is 9.35 Å². The fourth-order valence-corrected chi connectivity index (χ4v) is 3.16. The lowest BCUT2D eigenvalue weighted by molar-refractivity contribution is 0.894. The van der Waals surface area contributed by atoms with E-state index in [1.807, 2.05) is 26.1 Å². The lowest BCUT2D eigenvalue weighted by atomic mass is 10.2. The standard InChI is InChI=1S/C13H14BrN3S2/c1-8-3-4-10(12(15)18)13(16-8)17(2)6-9-5-11(14)19-7-9/h3-5,7H,6H2,1-2H3,(H2,15,18). The van der Waals surface area contributed by atoms with Crippen LogP contribution in [0.1, 0.15) is 16.8 Å². The molecular formula is C13H14BrN3S2. The number of hydrogen-bond acceptors (Lipinski definition) is 4. The summed E-state index contributed by atoms with van der Waals surface area (Å²) in [4.78, 5) is 6.99. The van der Waals surface area contributed by atoms with Crippen LogP contribution in [0.4, 0.5) is 5.82 Å². The molecule has 0 aliphatic heterocycles. The maximum atomic E-state index is 5.76. The predicted molar refractivity (Wildman–Crippen MR) is 89.0 cm³/mol. The maximum absolute atomic E-state index is 5.76. The second-order valence-electron chi connectivity index (χ2n) is 4.30. The number of nitrogens with two attached hydrogens (primary N) is 1. The normalized spacial score (nSPS) is 10.5. The fraction of sp³-hybridized carbons (Fsp3) is 0.231. The van der Waals surface area contributed by atoms with Gasteiger partial charge in [0.15, 0.2) is 0 Å². The molecule has 2 aromatic rings. The average molecular weight is 356 g/mol. The van der Waals surface area contributed by atoms with Crippen LogP contribution < -0.4 is 10.6 Å². The highest BCUT2D eigenvalue weighted by atomic mass is 79.9. The molecule has 0 aromatic carbocycles. The summed E-state index contributed by atoms with van der Waals surface area (Å²) in [6, 6.07) is 5.96. The third-order valence-electron chi connectivity index (χ3n) is 2.68. The average Bonchev–Trinajstić information content (AvgIpc) is 2.74. The molecule has 19 heavy (non-hydrogen) atoms. The first kappa shape index (κ1) is 14.4. The second-order valence-corrected chi connectivity index (χ2v) is 7.03. The van der Waals surface area contributed by atoms with E-state index < -0.39 is 0 Å². The van der Waals surface area contributed by atoms with E-state index >= 15 is 0 Å². The predicted octanol–water partition coefficient (Wildman–Crippen LogP) is 3.48. The number of anilines is 1. The monoisotopic (exact) mass is 355 g/mol. The van der Waals surface area contributed by atoms with Crippen LogP contribution in [0.3, 0.4) is 0 Å². The molecule has 0 radical (unpaired) electrons. The van der Waals surface area contributed by atoms with E-state index in [1.54, 1.807) is 11.3 Å². The zero-order valence-electron chi connectivity index (χ0n) is 10.7. The highest BCUT2D eigenvalue weighted by Gasteiger charge is 2.12. The molecular weight excluding hydrogens is 342 g/mol.